The van der Waals surface area contributed by atoms with E-state index >= 15 is 0 Å². The van der Waals surface area contributed by atoms with Crippen molar-refractivity contribution in [2.45, 2.75) is 12.3 Å². The highest BCUT2D eigenvalue weighted by Crippen LogP contribution is 2.03. The highest BCUT2D eigenvalue weighted by atomic mass is 35.5. The Morgan fingerprint density at radius 3 is 2.33 bits per heavy atom. The summed E-state index contributed by atoms with van der Waals surface area (Å²) in [5.74, 6) is -0.160. The van der Waals surface area contributed by atoms with Crippen LogP contribution in [0.4, 0.5) is 0 Å². The first-order chi connectivity index (χ1) is 4.09. The second-order valence-electron chi connectivity index (χ2n) is 1.71. The predicted octanol–water partition coefficient (Wildman–Crippen LogP) is 1.93. The minimum Gasteiger partial charge on any atom is -0.293 e. The van der Waals surface area contributed by atoms with Crippen molar-refractivity contribution in [2.24, 2.45) is 0 Å². The number of hydrogen-bond donors (Lipinski definition) is 0. The first kappa shape index (κ1) is 8.44. The van der Waals surface area contributed by atoms with Crippen molar-refractivity contribution in [3.63, 3.8) is 0 Å². The molecule has 0 rings (SSSR count). The number of carbonyl (C=O) groups excluding carboxylic acids is 1. The van der Waals surface area contributed by atoms with Gasteiger partial charge in [0.05, 0.1) is 5.38 Å². The third-order valence-electron chi connectivity index (χ3n) is 0.924. The van der Waals surface area contributed by atoms with Crippen molar-refractivity contribution in [3.8, 4) is 0 Å². The highest BCUT2D eigenvalue weighted by molar-refractivity contribution is 6.33. The van der Waals surface area contributed by atoms with Crippen LogP contribution in [0.2, 0.25) is 0 Å². The molecule has 0 fully saturated rings. The molecule has 0 aromatic carbocycles. The summed E-state index contributed by atoms with van der Waals surface area (Å²) in [6.45, 7) is 8.44. The van der Waals surface area contributed by atoms with Gasteiger partial charge in [-0.05, 0) is 6.92 Å². The minimum atomic E-state index is -0.490. The van der Waals surface area contributed by atoms with Crippen LogP contribution in [0.1, 0.15) is 6.92 Å². The van der Waals surface area contributed by atoms with Crippen LogP contribution in [0.5, 0.6) is 0 Å². The van der Waals surface area contributed by atoms with Crippen molar-refractivity contribution < 1.29 is 4.79 Å². The summed E-state index contributed by atoms with van der Waals surface area (Å²) < 4.78 is 0. The van der Waals surface area contributed by atoms with Crippen molar-refractivity contribution in [3.05, 3.63) is 24.8 Å². The number of allylic oxidation sites excluding steroid dienone is 2. The lowest BCUT2D eigenvalue weighted by Crippen LogP contribution is -2.10. The van der Waals surface area contributed by atoms with E-state index in [1.807, 2.05) is 0 Å². The molecule has 0 aromatic rings. The van der Waals surface area contributed by atoms with Crippen molar-refractivity contribution in [1.82, 2.24) is 0 Å². The molecule has 0 bridgehead atoms. The zero-order chi connectivity index (χ0) is 7.44. The predicted molar refractivity (Wildman–Crippen MR) is 39.7 cm³/mol. The maximum atomic E-state index is 10.8. The molecular formula is C7H9ClO. The molecule has 0 N–H and O–H groups in total. The number of hydrogen-bond acceptors (Lipinski definition) is 1. The summed E-state index contributed by atoms with van der Waals surface area (Å²) in [6.07, 6.45) is 1.40. The standard InChI is InChI=1S/C7H9ClO/c1-4-5(2)7(9)6(3)8/h4,6H,1-2H2,3H3. The zero-order valence-corrected chi connectivity index (χ0v) is 6.11. The molecule has 50 valence electrons. The van der Waals surface area contributed by atoms with E-state index in [0.717, 1.165) is 0 Å². The van der Waals surface area contributed by atoms with Crippen molar-refractivity contribution in [1.29, 1.82) is 0 Å². The van der Waals surface area contributed by atoms with E-state index in [4.69, 9.17) is 11.6 Å². The lowest BCUT2D eigenvalue weighted by molar-refractivity contribution is -0.114. The molecule has 0 aliphatic heterocycles. The van der Waals surface area contributed by atoms with Gasteiger partial charge in [0.15, 0.2) is 5.78 Å². The summed E-state index contributed by atoms with van der Waals surface area (Å²) in [5, 5.41) is -0.490. The van der Waals surface area contributed by atoms with E-state index in [-0.39, 0.29) is 5.78 Å². The maximum absolute atomic E-state index is 10.8. The Kier molecular flexibility index (Phi) is 3.25. The molecule has 0 aliphatic rings. The Hall–Kier alpha value is -0.560. The first-order valence-electron chi connectivity index (χ1n) is 2.59. The van der Waals surface area contributed by atoms with Gasteiger partial charge in [-0.15, -0.1) is 11.6 Å². The third-order valence-corrected chi connectivity index (χ3v) is 1.12. The van der Waals surface area contributed by atoms with Gasteiger partial charge in [-0.1, -0.05) is 19.2 Å². The number of rotatable bonds is 3. The lowest BCUT2D eigenvalue weighted by Gasteiger charge is -1.98. The van der Waals surface area contributed by atoms with Crippen LogP contribution in [-0.4, -0.2) is 11.2 Å². The first-order valence-corrected chi connectivity index (χ1v) is 3.03. The van der Waals surface area contributed by atoms with Crippen LogP contribution in [0, 0.1) is 0 Å². The summed E-state index contributed by atoms with van der Waals surface area (Å²) >= 11 is 5.44. The quantitative estimate of drug-likeness (QED) is 0.336. The van der Waals surface area contributed by atoms with Gasteiger partial charge in [0.1, 0.15) is 0 Å². The molecule has 0 spiro atoms. The molecule has 0 aliphatic carbocycles. The Morgan fingerprint density at radius 1 is 1.78 bits per heavy atom. The minimum absolute atomic E-state index is 0.160. The lowest BCUT2D eigenvalue weighted by atomic mass is 10.1. The number of alkyl halides is 1. The van der Waals surface area contributed by atoms with E-state index in [1.165, 1.54) is 6.08 Å². The van der Waals surface area contributed by atoms with Gasteiger partial charge in [0.25, 0.3) is 0 Å². The molecule has 0 saturated carbocycles. The average Bonchev–Trinajstić information content (AvgIpc) is 1.84. The van der Waals surface area contributed by atoms with E-state index in [2.05, 4.69) is 13.2 Å². The second kappa shape index (κ2) is 3.46. The monoisotopic (exact) mass is 144 g/mol. The number of halogens is 1. The smallest absolute Gasteiger partial charge is 0.179 e. The Balaban J connectivity index is 4.04. The molecule has 0 radical (unpaired) electrons. The van der Waals surface area contributed by atoms with E-state index in [0.29, 0.717) is 5.57 Å². The molecule has 1 atom stereocenters. The van der Waals surface area contributed by atoms with Gasteiger partial charge < -0.3 is 0 Å². The highest BCUT2D eigenvalue weighted by Gasteiger charge is 2.09. The van der Waals surface area contributed by atoms with Gasteiger partial charge in [0.2, 0.25) is 0 Å². The molecule has 0 amide bonds. The SMILES string of the molecule is C=CC(=C)C(=O)C(C)Cl. The molecule has 1 nitrogen and oxygen atoms in total. The van der Waals surface area contributed by atoms with Gasteiger partial charge in [-0.2, -0.15) is 0 Å². The molecule has 2 heteroatoms. The van der Waals surface area contributed by atoms with Gasteiger partial charge in [-0.3, -0.25) is 4.79 Å². The largest absolute Gasteiger partial charge is 0.293 e. The molecule has 9 heavy (non-hydrogen) atoms. The zero-order valence-electron chi connectivity index (χ0n) is 5.36. The van der Waals surface area contributed by atoms with Crippen LogP contribution < -0.4 is 0 Å². The maximum Gasteiger partial charge on any atom is 0.179 e. The Labute approximate surface area is 60.0 Å². The fourth-order valence-electron chi connectivity index (χ4n) is 0.356. The van der Waals surface area contributed by atoms with Crippen LogP contribution in [0.15, 0.2) is 24.8 Å². The average molecular weight is 145 g/mol. The van der Waals surface area contributed by atoms with Crippen LogP contribution in [-0.2, 0) is 4.79 Å². The summed E-state index contributed by atoms with van der Waals surface area (Å²) in [7, 11) is 0. The molecule has 0 saturated heterocycles. The van der Waals surface area contributed by atoms with E-state index in [9.17, 15) is 4.79 Å². The van der Waals surface area contributed by atoms with Gasteiger partial charge >= 0.3 is 0 Å². The molecule has 1 unspecified atom stereocenters. The number of ketones is 1. The molecule has 0 heterocycles. The topological polar surface area (TPSA) is 17.1 Å². The summed E-state index contributed by atoms with van der Waals surface area (Å²) in [5.41, 5.74) is 0.373. The van der Waals surface area contributed by atoms with Crippen LogP contribution >= 0.6 is 11.6 Å². The molecular weight excluding hydrogens is 136 g/mol. The molecule has 0 aromatic heterocycles. The second-order valence-corrected chi connectivity index (χ2v) is 2.36. The Bertz CT molecular complexity index is 147. The summed E-state index contributed by atoms with van der Waals surface area (Å²) in [6, 6.07) is 0. The van der Waals surface area contributed by atoms with Crippen LogP contribution in [0.25, 0.3) is 0 Å². The summed E-state index contributed by atoms with van der Waals surface area (Å²) in [4.78, 5) is 10.8. The van der Waals surface area contributed by atoms with E-state index < -0.39 is 5.38 Å². The normalized spacial score (nSPS) is 12.2. The van der Waals surface area contributed by atoms with E-state index in [1.54, 1.807) is 6.92 Å². The number of carbonyl (C=O) groups is 1. The van der Waals surface area contributed by atoms with Gasteiger partial charge in [-0.25, -0.2) is 0 Å². The Morgan fingerprint density at radius 2 is 2.22 bits per heavy atom. The van der Waals surface area contributed by atoms with Crippen molar-refractivity contribution in [2.75, 3.05) is 0 Å². The fraction of sp³-hybridized carbons (Fsp3) is 0.286. The van der Waals surface area contributed by atoms with Gasteiger partial charge in [0, 0.05) is 5.57 Å². The van der Waals surface area contributed by atoms with Crippen LogP contribution in [0.3, 0.4) is 0 Å². The fourth-order valence-corrected chi connectivity index (χ4v) is 0.496. The third kappa shape index (κ3) is 2.47. The number of Topliss-reactive ketones (excluding diaryl/α,β-unsaturated/α-hetero) is 1. The van der Waals surface area contributed by atoms with Crippen molar-refractivity contribution >= 4 is 17.4 Å².